The van der Waals surface area contributed by atoms with Gasteiger partial charge in [0, 0.05) is 42.3 Å². The van der Waals surface area contributed by atoms with Gasteiger partial charge in [-0.15, -0.1) is 37.2 Å². The van der Waals surface area contributed by atoms with Crippen LogP contribution in [0.5, 0.6) is 0 Å². The Balaban J connectivity index is 0.00000147. The smallest absolute Gasteiger partial charge is 0.0346 e. The van der Waals surface area contributed by atoms with Gasteiger partial charge in [0.2, 0.25) is 0 Å². The molecule has 0 aliphatic carbocycles. The summed E-state index contributed by atoms with van der Waals surface area (Å²) >= 11 is 0. The summed E-state index contributed by atoms with van der Waals surface area (Å²) in [6.45, 7) is 4.54. The van der Waals surface area contributed by atoms with Crippen LogP contribution in [0.4, 0.5) is 0 Å². The monoisotopic (exact) mass is 361 g/mol. The van der Waals surface area contributed by atoms with Crippen molar-refractivity contribution >= 4 is 37.2 Å². The molecule has 0 unspecified atom stereocenters. The number of nitrogens with zero attached hydrogens (tertiary/aromatic N) is 2. The third-order valence-corrected chi connectivity index (χ3v) is 4.08. The zero-order valence-corrected chi connectivity index (χ0v) is 15.0. The number of hydrogen-bond donors (Lipinski definition) is 1. The Morgan fingerprint density at radius 1 is 0.955 bits per heavy atom. The van der Waals surface area contributed by atoms with Crippen LogP contribution in [0.15, 0.2) is 49.1 Å². The van der Waals surface area contributed by atoms with Gasteiger partial charge in [-0.2, -0.15) is 0 Å². The number of pyridine rings is 2. The van der Waals surface area contributed by atoms with Crippen LogP contribution in [0.2, 0.25) is 0 Å². The molecule has 3 heterocycles. The Morgan fingerprint density at radius 3 is 2.23 bits per heavy atom. The lowest BCUT2D eigenvalue weighted by Gasteiger charge is -2.27. The molecule has 22 heavy (non-hydrogen) atoms. The number of aromatic nitrogens is 2. The lowest BCUT2D eigenvalue weighted by molar-refractivity contribution is 0.397. The third-order valence-electron chi connectivity index (χ3n) is 4.08. The Morgan fingerprint density at radius 2 is 1.64 bits per heavy atom. The van der Waals surface area contributed by atoms with Gasteiger partial charge in [-0.1, -0.05) is 6.07 Å². The molecule has 1 aliphatic heterocycles. The molecule has 122 valence electrons. The highest BCUT2D eigenvalue weighted by Crippen LogP contribution is 2.43. The first-order valence-electron chi connectivity index (χ1n) is 6.74. The predicted molar refractivity (Wildman–Crippen MR) is 97.5 cm³/mol. The maximum Gasteiger partial charge on any atom is 0.0346 e. The minimum atomic E-state index is 0. The molecule has 0 saturated carbocycles. The summed E-state index contributed by atoms with van der Waals surface area (Å²) in [7, 11) is 0. The molecule has 1 fully saturated rings. The summed E-state index contributed by atoms with van der Waals surface area (Å²) in [5, 5.41) is 3.73. The van der Waals surface area contributed by atoms with Crippen molar-refractivity contribution in [2.75, 3.05) is 0 Å². The molecule has 1 aliphatic rings. The van der Waals surface area contributed by atoms with Crippen LogP contribution in [-0.4, -0.2) is 15.5 Å². The quantitative estimate of drug-likeness (QED) is 0.863. The molecule has 0 aromatic carbocycles. The van der Waals surface area contributed by atoms with Crippen molar-refractivity contribution in [2.24, 2.45) is 0 Å². The molecule has 0 spiro atoms. The molecule has 0 radical (unpaired) electrons. The van der Waals surface area contributed by atoms with Crippen molar-refractivity contribution < 1.29 is 0 Å². The summed E-state index contributed by atoms with van der Waals surface area (Å²) < 4.78 is 0. The first-order chi connectivity index (χ1) is 9.17. The van der Waals surface area contributed by atoms with E-state index >= 15 is 0 Å². The zero-order chi connectivity index (χ0) is 13.3. The van der Waals surface area contributed by atoms with Crippen molar-refractivity contribution in [3.63, 3.8) is 0 Å². The van der Waals surface area contributed by atoms with E-state index in [1.165, 1.54) is 11.1 Å². The molecule has 1 N–H and O–H groups in total. The van der Waals surface area contributed by atoms with Crippen LogP contribution in [-0.2, 0) is 0 Å². The second-order valence-electron chi connectivity index (χ2n) is 5.77. The minimum Gasteiger partial charge on any atom is -0.304 e. The molecule has 3 rings (SSSR count). The molecule has 3 nitrogen and oxygen atoms in total. The van der Waals surface area contributed by atoms with Gasteiger partial charge in [0.1, 0.15) is 0 Å². The SMILES string of the molecule is CC1(C)N[C@H](c2cccnc2)C[C@@H]1c1ccncc1.Cl.Cl.Cl. The molecule has 1 saturated heterocycles. The van der Waals surface area contributed by atoms with Crippen LogP contribution >= 0.6 is 37.2 Å². The average Bonchev–Trinajstić information content (AvgIpc) is 2.77. The van der Waals surface area contributed by atoms with Gasteiger partial charge in [0.25, 0.3) is 0 Å². The van der Waals surface area contributed by atoms with E-state index in [2.05, 4.69) is 47.3 Å². The number of rotatable bonds is 2. The first-order valence-corrected chi connectivity index (χ1v) is 6.74. The highest BCUT2D eigenvalue weighted by molar-refractivity contribution is 5.86. The van der Waals surface area contributed by atoms with Gasteiger partial charge in [-0.3, -0.25) is 9.97 Å². The maximum absolute atomic E-state index is 4.22. The largest absolute Gasteiger partial charge is 0.304 e. The van der Waals surface area contributed by atoms with E-state index in [0.29, 0.717) is 12.0 Å². The van der Waals surface area contributed by atoms with Crippen LogP contribution in [0, 0.1) is 0 Å². The number of nitrogens with one attached hydrogen (secondary N) is 1. The van der Waals surface area contributed by atoms with E-state index in [9.17, 15) is 0 Å². The van der Waals surface area contributed by atoms with E-state index in [4.69, 9.17) is 0 Å². The van der Waals surface area contributed by atoms with Gasteiger partial charge >= 0.3 is 0 Å². The fraction of sp³-hybridized carbons (Fsp3) is 0.375. The highest BCUT2D eigenvalue weighted by Gasteiger charge is 2.41. The first kappa shape index (κ1) is 21.1. The summed E-state index contributed by atoms with van der Waals surface area (Å²) in [6.07, 6.45) is 8.64. The third kappa shape index (κ3) is 4.32. The van der Waals surface area contributed by atoms with Crippen molar-refractivity contribution in [1.82, 2.24) is 15.3 Å². The fourth-order valence-corrected chi connectivity index (χ4v) is 3.09. The van der Waals surface area contributed by atoms with Gasteiger partial charge in [0.15, 0.2) is 0 Å². The lowest BCUT2D eigenvalue weighted by atomic mass is 9.83. The Labute approximate surface area is 150 Å². The Bertz CT molecular complexity index is 549. The van der Waals surface area contributed by atoms with E-state index in [0.717, 1.165) is 6.42 Å². The van der Waals surface area contributed by atoms with Crippen molar-refractivity contribution in [3.05, 3.63) is 60.2 Å². The van der Waals surface area contributed by atoms with Gasteiger partial charge in [0.05, 0.1) is 0 Å². The van der Waals surface area contributed by atoms with Gasteiger partial charge < -0.3 is 5.32 Å². The Kier molecular flexibility index (Phi) is 8.34. The van der Waals surface area contributed by atoms with Crippen LogP contribution < -0.4 is 5.32 Å². The van der Waals surface area contributed by atoms with Crippen molar-refractivity contribution in [3.8, 4) is 0 Å². The average molecular weight is 363 g/mol. The molecule has 6 heteroatoms. The number of hydrogen-bond acceptors (Lipinski definition) is 3. The zero-order valence-electron chi connectivity index (χ0n) is 12.6. The van der Waals surface area contributed by atoms with Gasteiger partial charge in [-0.25, -0.2) is 0 Å². The molecule has 0 amide bonds. The second-order valence-corrected chi connectivity index (χ2v) is 5.77. The molecule has 2 aromatic rings. The molecule has 2 aromatic heterocycles. The Hall–Kier alpha value is -0.870. The molecule has 0 bridgehead atoms. The minimum absolute atomic E-state index is 0. The summed E-state index contributed by atoms with van der Waals surface area (Å²) in [5.74, 6) is 0.501. The van der Waals surface area contributed by atoms with Crippen molar-refractivity contribution in [1.29, 1.82) is 0 Å². The van der Waals surface area contributed by atoms with Gasteiger partial charge in [-0.05, 0) is 49.6 Å². The van der Waals surface area contributed by atoms with Crippen LogP contribution in [0.3, 0.4) is 0 Å². The van der Waals surface area contributed by atoms with E-state index in [1.807, 2.05) is 30.9 Å². The normalized spacial score (nSPS) is 21.9. The van der Waals surface area contributed by atoms with E-state index in [1.54, 1.807) is 0 Å². The highest BCUT2D eigenvalue weighted by atomic mass is 35.5. The van der Waals surface area contributed by atoms with Crippen LogP contribution in [0.25, 0.3) is 0 Å². The fourth-order valence-electron chi connectivity index (χ4n) is 3.09. The number of halogens is 3. The molecular weight excluding hydrogens is 341 g/mol. The van der Waals surface area contributed by atoms with E-state index in [-0.39, 0.29) is 42.8 Å². The second kappa shape index (κ2) is 8.68. The standard InChI is InChI=1S/C16H19N3.3ClH/c1-16(2)14(12-5-8-17-9-6-12)10-15(19-16)13-4-3-7-18-11-13;;;/h3-9,11,14-15,19H,10H2,1-2H3;3*1H/t14-,15+;;;/m1.../s1. The summed E-state index contributed by atoms with van der Waals surface area (Å²) in [6, 6.07) is 8.78. The molecular formula is C16H22Cl3N3. The maximum atomic E-state index is 4.22. The summed E-state index contributed by atoms with van der Waals surface area (Å²) in [5.41, 5.74) is 2.72. The predicted octanol–water partition coefficient (Wildman–Crippen LogP) is 4.34. The topological polar surface area (TPSA) is 37.8 Å². The lowest BCUT2D eigenvalue weighted by Crippen LogP contribution is -2.37. The van der Waals surface area contributed by atoms with Crippen LogP contribution in [0.1, 0.15) is 43.4 Å². The van der Waals surface area contributed by atoms with E-state index < -0.39 is 0 Å². The summed E-state index contributed by atoms with van der Waals surface area (Å²) in [4.78, 5) is 8.34. The van der Waals surface area contributed by atoms with Crippen molar-refractivity contribution in [2.45, 2.75) is 37.8 Å². The molecule has 2 atom stereocenters.